The molecule has 0 atom stereocenters. The molecule has 19 heavy (non-hydrogen) atoms. The number of carbonyl (C=O) groups is 1. The molecule has 0 amide bonds. The molecule has 0 bridgehead atoms. The number of carboxylic acid groups (broad SMARTS) is 1. The maximum absolute atomic E-state index is 10.4. The molecule has 0 saturated heterocycles. The fourth-order valence-electron chi connectivity index (χ4n) is 1.75. The van der Waals surface area contributed by atoms with Crippen LogP contribution in [0.4, 0.5) is 0 Å². The van der Waals surface area contributed by atoms with E-state index in [0.29, 0.717) is 12.2 Å². The average Bonchev–Trinajstić information content (AvgIpc) is 2.33. The quantitative estimate of drug-likeness (QED) is 0.775. The predicted molar refractivity (Wildman–Crippen MR) is 73.7 cm³/mol. The van der Waals surface area contributed by atoms with Crippen LogP contribution in [-0.4, -0.2) is 23.3 Å². The first-order valence-electron chi connectivity index (χ1n) is 6.13. The van der Waals surface area contributed by atoms with Crippen LogP contribution < -0.4 is 4.74 Å². The van der Waals surface area contributed by atoms with E-state index in [2.05, 4.69) is 0 Å². The van der Waals surface area contributed by atoms with Crippen LogP contribution in [0.5, 0.6) is 11.5 Å². The number of aliphatic carboxylic acids is 1. The Morgan fingerprint density at radius 1 is 1.37 bits per heavy atom. The van der Waals surface area contributed by atoms with Gasteiger partial charge in [0.25, 0.3) is 0 Å². The fourth-order valence-corrected chi connectivity index (χ4v) is 1.75. The molecule has 1 aromatic rings. The number of rotatable bonds is 6. The number of allylic oxidation sites excluding steroid dienone is 2. The van der Waals surface area contributed by atoms with Crippen molar-refractivity contribution in [2.75, 3.05) is 7.11 Å². The first-order chi connectivity index (χ1) is 8.85. The molecule has 4 heteroatoms. The number of hydrogen-bond donors (Lipinski definition) is 2. The Kier molecular flexibility index (Phi) is 4.98. The van der Waals surface area contributed by atoms with Crippen LogP contribution in [0.25, 0.3) is 0 Å². The molecular formula is C15H20O4. The maximum atomic E-state index is 10.4. The molecule has 0 aliphatic rings. The van der Waals surface area contributed by atoms with Gasteiger partial charge in [0.05, 0.1) is 7.11 Å². The Hall–Kier alpha value is -1.97. The first kappa shape index (κ1) is 15.1. The highest BCUT2D eigenvalue weighted by atomic mass is 16.5. The van der Waals surface area contributed by atoms with Gasteiger partial charge in [0.15, 0.2) is 0 Å². The van der Waals surface area contributed by atoms with Gasteiger partial charge >= 0.3 is 5.97 Å². The van der Waals surface area contributed by atoms with Crippen molar-refractivity contribution in [1.82, 2.24) is 0 Å². The molecule has 0 aromatic heterocycles. The van der Waals surface area contributed by atoms with E-state index in [1.165, 1.54) is 0 Å². The van der Waals surface area contributed by atoms with Crippen molar-refractivity contribution in [3.8, 4) is 11.5 Å². The summed E-state index contributed by atoms with van der Waals surface area (Å²) in [5.74, 6) is -0.0511. The number of phenols is 1. The first-order valence-corrected chi connectivity index (χ1v) is 6.13. The van der Waals surface area contributed by atoms with Crippen LogP contribution in [-0.2, 0) is 10.2 Å². The largest absolute Gasteiger partial charge is 0.508 e. The number of phenolic OH excluding ortho intramolecular Hbond substituents is 1. The van der Waals surface area contributed by atoms with Gasteiger partial charge in [0, 0.05) is 17.9 Å². The summed E-state index contributed by atoms with van der Waals surface area (Å²) in [5, 5.41) is 18.2. The molecule has 0 radical (unpaired) electrons. The van der Waals surface area contributed by atoms with Crippen molar-refractivity contribution >= 4 is 5.97 Å². The SMILES string of the molecule is COc1cc(O)cc(C(C)(C)/C=C\CCC(=O)O)c1. The van der Waals surface area contributed by atoms with Gasteiger partial charge in [0.1, 0.15) is 11.5 Å². The zero-order chi connectivity index (χ0) is 14.5. The summed E-state index contributed by atoms with van der Waals surface area (Å²) in [6.45, 7) is 4.00. The Morgan fingerprint density at radius 3 is 2.63 bits per heavy atom. The second kappa shape index (κ2) is 6.27. The lowest BCUT2D eigenvalue weighted by atomic mass is 9.84. The van der Waals surface area contributed by atoms with Crippen LogP contribution in [0.3, 0.4) is 0 Å². The zero-order valence-electron chi connectivity index (χ0n) is 11.5. The highest BCUT2D eigenvalue weighted by Gasteiger charge is 2.18. The van der Waals surface area contributed by atoms with Crippen LogP contribution in [0.2, 0.25) is 0 Å². The van der Waals surface area contributed by atoms with E-state index in [4.69, 9.17) is 9.84 Å². The van der Waals surface area contributed by atoms with Crippen LogP contribution in [0, 0.1) is 0 Å². The average molecular weight is 264 g/mol. The monoisotopic (exact) mass is 264 g/mol. The lowest BCUT2D eigenvalue weighted by Gasteiger charge is -2.22. The van der Waals surface area contributed by atoms with E-state index in [-0.39, 0.29) is 17.6 Å². The summed E-state index contributed by atoms with van der Waals surface area (Å²) in [6, 6.07) is 5.10. The van der Waals surface area contributed by atoms with Crippen LogP contribution >= 0.6 is 0 Å². The van der Waals surface area contributed by atoms with Gasteiger partial charge in [-0.1, -0.05) is 26.0 Å². The van der Waals surface area contributed by atoms with E-state index in [9.17, 15) is 9.90 Å². The van der Waals surface area contributed by atoms with Gasteiger partial charge in [-0.3, -0.25) is 4.79 Å². The van der Waals surface area contributed by atoms with E-state index in [1.54, 1.807) is 19.2 Å². The summed E-state index contributed by atoms with van der Waals surface area (Å²) in [4.78, 5) is 10.4. The molecule has 0 fully saturated rings. The number of hydrogen-bond acceptors (Lipinski definition) is 3. The van der Waals surface area contributed by atoms with Crippen molar-refractivity contribution in [3.63, 3.8) is 0 Å². The highest BCUT2D eigenvalue weighted by Crippen LogP contribution is 2.31. The lowest BCUT2D eigenvalue weighted by molar-refractivity contribution is -0.136. The smallest absolute Gasteiger partial charge is 0.303 e. The summed E-state index contributed by atoms with van der Waals surface area (Å²) >= 11 is 0. The van der Waals surface area contributed by atoms with E-state index in [0.717, 1.165) is 5.56 Å². The Labute approximate surface area is 113 Å². The summed E-state index contributed by atoms with van der Waals surface area (Å²) < 4.78 is 5.13. The molecule has 0 saturated carbocycles. The Bertz CT molecular complexity index is 475. The molecule has 104 valence electrons. The number of aromatic hydroxyl groups is 1. The van der Waals surface area contributed by atoms with Crippen molar-refractivity contribution in [1.29, 1.82) is 0 Å². The van der Waals surface area contributed by atoms with Crippen molar-refractivity contribution in [2.24, 2.45) is 0 Å². The van der Waals surface area contributed by atoms with Gasteiger partial charge in [-0.2, -0.15) is 0 Å². The minimum Gasteiger partial charge on any atom is -0.508 e. The zero-order valence-corrected chi connectivity index (χ0v) is 11.5. The Morgan fingerprint density at radius 2 is 2.05 bits per heavy atom. The van der Waals surface area contributed by atoms with Crippen molar-refractivity contribution in [3.05, 3.63) is 35.9 Å². The molecule has 1 aromatic carbocycles. The Balaban J connectivity index is 2.86. The van der Waals surface area contributed by atoms with Gasteiger partial charge in [-0.25, -0.2) is 0 Å². The second-order valence-corrected chi connectivity index (χ2v) is 4.98. The van der Waals surface area contributed by atoms with Gasteiger partial charge in [-0.15, -0.1) is 0 Å². The second-order valence-electron chi connectivity index (χ2n) is 4.98. The molecule has 0 unspecified atom stereocenters. The number of carboxylic acids is 1. The molecule has 0 aliphatic carbocycles. The number of methoxy groups -OCH3 is 1. The molecular weight excluding hydrogens is 244 g/mol. The molecule has 0 aliphatic heterocycles. The molecule has 0 heterocycles. The van der Waals surface area contributed by atoms with Gasteiger partial charge in [0.2, 0.25) is 0 Å². The topological polar surface area (TPSA) is 66.8 Å². The summed E-state index contributed by atoms with van der Waals surface area (Å²) in [6.07, 6.45) is 4.42. The van der Waals surface area contributed by atoms with E-state index < -0.39 is 5.97 Å². The van der Waals surface area contributed by atoms with Gasteiger partial charge < -0.3 is 14.9 Å². The molecule has 2 N–H and O–H groups in total. The molecule has 1 rings (SSSR count). The maximum Gasteiger partial charge on any atom is 0.303 e. The predicted octanol–water partition coefficient (Wildman–Crippen LogP) is 3.10. The fraction of sp³-hybridized carbons (Fsp3) is 0.400. The van der Waals surface area contributed by atoms with Crippen LogP contribution in [0.15, 0.2) is 30.4 Å². The lowest BCUT2D eigenvalue weighted by Crippen LogP contribution is -2.13. The van der Waals surface area contributed by atoms with Gasteiger partial charge in [-0.05, 0) is 24.1 Å². The summed E-state index contributed by atoms with van der Waals surface area (Å²) in [5.41, 5.74) is 0.612. The highest BCUT2D eigenvalue weighted by molar-refractivity contribution is 5.66. The number of ether oxygens (including phenoxy) is 1. The van der Waals surface area contributed by atoms with Crippen molar-refractivity contribution < 1.29 is 19.7 Å². The standard InChI is InChI=1S/C15H20O4/c1-15(2,7-5-4-6-14(17)18)11-8-12(16)10-13(9-11)19-3/h5,7-10,16H,4,6H2,1-3H3,(H,17,18)/b7-5-. The minimum atomic E-state index is -0.804. The third-order valence-electron chi connectivity index (χ3n) is 2.93. The number of benzene rings is 1. The summed E-state index contributed by atoms with van der Waals surface area (Å²) in [7, 11) is 1.55. The normalized spacial score (nSPS) is 11.7. The van der Waals surface area contributed by atoms with E-state index in [1.807, 2.05) is 32.1 Å². The third-order valence-corrected chi connectivity index (χ3v) is 2.93. The minimum absolute atomic E-state index is 0.121. The van der Waals surface area contributed by atoms with Crippen LogP contribution in [0.1, 0.15) is 32.3 Å². The third kappa shape index (κ3) is 4.66. The van der Waals surface area contributed by atoms with E-state index >= 15 is 0 Å². The molecule has 0 spiro atoms. The molecule has 4 nitrogen and oxygen atoms in total. The van der Waals surface area contributed by atoms with Crippen molar-refractivity contribution in [2.45, 2.75) is 32.1 Å².